The second-order valence-corrected chi connectivity index (χ2v) is 6.78. The van der Waals surface area contributed by atoms with Gasteiger partial charge in [0.25, 0.3) is 0 Å². The monoisotopic (exact) mass is 389 g/mol. The number of benzene rings is 3. The fraction of sp³-hybridized carbons (Fsp3) is 0.105. The Balaban J connectivity index is 1.86. The quantitative estimate of drug-likeness (QED) is 0.549. The van der Waals surface area contributed by atoms with E-state index in [9.17, 15) is 9.90 Å². The summed E-state index contributed by atoms with van der Waals surface area (Å²) >= 11 is 12.4. The van der Waals surface area contributed by atoms with Crippen LogP contribution in [0.4, 0.5) is 21.9 Å². The van der Waals surface area contributed by atoms with Crippen LogP contribution in [-0.2, 0) is 0 Å². The Morgan fingerprint density at radius 3 is 2.27 bits per heavy atom. The molecule has 3 aromatic carbocycles. The van der Waals surface area contributed by atoms with Crippen LogP contribution in [0.5, 0.6) is 5.75 Å². The zero-order valence-electron chi connectivity index (χ0n) is 14.2. The Morgan fingerprint density at radius 1 is 0.923 bits per heavy atom. The van der Waals surface area contributed by atoms with Gasteiger partial charge in [0.1, 0.15) is 5.75 Å². The standard InChI is InChI=1S/C19H17Cl2N3O2/c1-24(2)12-5-3-11(4-6-12)22-19(26)23-18-15-9-13(25)7-8-14(15)16(20)10-17(18)21/h3-10,25H,1-2H3,(H2,22,23,26). The van der Waals surface area contributed by atoms with Gasteiger partial charge in [-0.2, -0.15) is 0 Å². The highest BCUT2D eigenvalue weighted by Gasteiger charge is 2.14. The van der Waals surface area contributed by atoms with Crippen molar-refractivity contribution in [1.29, 1.82) is 0 Å². The van der Waals surface area contributed by atoms with Gasteiger partial charge in [0.05, 0.1) is 15.7 Å². The van der Waals surface area contributed by atoms with Gasteiger partial charge in [-0.15, -0.1) is 0 Å². The number of anilines is 3. The molecule has 26 heavy (non-hydrogen) atoms. The summed E-state index contributed by atoms with van der Waals surface area (Å²) in [5.74, 6) is 0.0542. The Bertz CT molecular complexity index is 973. The van der Waals surface area contributed by atoms with Crippen LogP contribution >= 0.6 is 23.2 Å². The molecule has 0 saturated heterocycles. The molecule has 3 N–H and O–H groups in total. The summed E-state index contributed by atoms with van der Waals surface area (Å²) in [5, 5.41) is 17.2. The van der Waals surface area contributed by atoms with Crippen molar-refractivity contribution in [3.05, 3.63) is 58.6 Å². The average molecular weight is 390 g/mol. The zero-order chi connectivity index (χ0) is 18.8. The second-order valence-electron chi connectivity index (χ2n) is 5.97. The lowest BCUT2D eigenvalue weighted by Crippen LogP contribution is -2.20. The van der Waals surface area contributed by atoms with Crippen molar-refractivity contribution in [2.24, 2.45) is 0 Å². The number of nitrogens with zero attached hydrogens (tertiary/aromatic N) is 1. The number of amides is 2. The maximum absolute atomic E-state index is 12.4. The minimum Gasteiger partial charge on any atom is -0.508 e. The van der Waals surface area contributed by atoms with E-state index in [4.69, 9.17) is 23.2 Å². The van der Waals surface area contributed by atoms with E-state index in [0.717, 1.165) is 5.69 Å². The molecular formula is C19H17Cl2N3O2. The molecule has 3 rings (SSSR count). The molecule has 7 heteroatoms. The van der Waals surface area contributed by atoms with E-state index in [-0.39, 0.29) is 10.8 Å². The van der Waals surface area contributed by atoms with E-state index < -0.39 is 6.03 Å². The Hall–Kier alpha value is -2.63. The van der Waals surface area contributed by atoms with Gasteiger partial charge in [0.15, 0.2) is 0 Å². The predicted octanol–water partition coefficient (Wildman–Crippen LogP) is 5.56. The molecule has 0 aliphatic heterocycles. The maximum Gasteiger partial charge on any atom is 0.323 e. The number of rotatable bonds is 3. The molecule has 0 aromatic heterocycles. The van der Waals surface area contributed by atoms with E-state index in [1.807, 2.05) is 43.3 Å². The number of hydrogen-bond acceptors (Lipinski definition) is 3. The van der Waals surface area contributed by atoms with Gasteiger partial charge in [-0.25, -0.2) is 4.79 Å². The molecule has 0 unspecified atom stereocenters. The molecule has 0 radical (unpaired) electrons. The SMILES string of the molecule is CN(C)c1ccc(NC(=O)Nc2c(Cl)cc(Cl)c3ccc(O)cc23)cc1. The van der Waals surface area contributed by atoms with Crippen molar-refractivity contribution in [3.8, 4) is 5.75 Å². The molecule has 0 spiro atoms. The molecule has 2 amide bonds. The summed E-state index contributed by atoms with van der Waals surface area (Å²) < 4.78 is 0. The summed E-state index contributed by atoms with van der Waals surface area (Å²) in [6.07, 6.45) is 0. The van der Waals surface area contributed by atoms with E-state index in [2.05, 4.69) is 10.6 Å². The van der Waals surface area contributed by atoms with Crippen molar-refractivity contribution in [3.63, 3.8) is 0 Å². The van der Waals surface area contributed by atoms with Crippen molar-refractivity contribution < 1.29 is 9.90 Å². The maximum atomic E-state index is 12.4. The van der Waals surface area contributed by atoms with Crippen molar-refractivity contribution in [2.45, 2.75) is 0 Å². The average Bonchev–Trinajstić information content (AvgIpc) is 2.58. The summed E-state index contributed by atoms with van der Waals surface area (Å²) in [6.45, 7) is 0. The van der Waals surface area contributed by atoms with Crippen LogP contribution in [-0.4, -0.2) is 25.2 Å². The van der Waals surface area contributed by atoms with Crippen LogP contribution in [0.1, 0.15) is 0 Å². The fourth-order valence-electron chi connectivity index (χ4n) is 2.58. The van der Waals surface area contributed by atoms with Gasteiger partial charge < -0.3 is 20.6 Å². The summed E-state index contributed by atoms with van der Waals surface area (Å²) in [5.41, 5.74) is 2.05. The van der Waals surface area contributed by atoms with Crippen molar-refractivity contribution in [1.82, 2.24) is 0 Å². The molecule has 0 aliphatic rings. The van der Waals surface area contributed by atoms with E-state index in [1.165, 1.54) is 12.1 Å². The minimum absolute atomic E-state index is 0.0542. The van der Waals surface area contributed by atoms with Crippen LogP contribution in [0.3, 0.4) is 0 Å². The van der Waals surface area contributed by atoms with Crippen molar-refractivity contribution in [2.75, 3.05) is 29.6 Å². The molecule has 0 aliphatic carbocycles. The van der Waals surface area contributed by atoms with Crippen LogP contribution in [0.25, 0.3) is 10.8 Å². The number of aromatic hydroxyl groups is 1. The number of nitrogens with one attached hydrogen (secondary N) is 2. The lowest BCUT2D eigenvalue weighted by Gasteiger charge is -2.15. The number of halogens is 2. The number of carbonyl (C=O) groups excluding carboxylic acids is 1. The minimum atomic E-state index is -0.448. The van der Waals surface area contributed by atoms with Crippen LogP contribution < -0.4 is 15.5 Å². The Kier molecular flexibility index (Phi) is 5.11. The van der Waals surface area contributed by atoms with Crippen molar-refractivity contribution >= 4 is 57.1 Å². The van der Waals surface area contributed by atoms with Gasteiger partial charge in [0, 0.05) is 36.2 Å². The summed E-state index contributed by atoms with van der Waals surface area (Å²) in [7, 11) is 3.89. The molecule has 0 bridgehead atoms. The molecule has 0 atom stereocenters. The first-order chi connectivity index (χ1) is 12.3. The predicted molar refractivity (Wildman–Crippen MR) is 109 cm³/mol. The number of urea groups is 1. The van der Waals surface area contributed by atoms with E-state index in [1.54, 1.807) is 12.1 Å². The number of phenols is 1. The lowest BCUT2D eigenvalue weighted by atomic mass is 10.1. The highest BCUT2D eigenvalue weighted by Crippen LogP contribution is 2.38. The third-order valence-electron chi connectivity index (χ3n) is 3.90. The van der Waals surface area contributed by atoms with Gasteiger partial charge in [-0.1, -0.05) is 23.2 Å². The van der Waals surface area contributed by atoms with Crippen LogP contribution in [0.15, 0.2) is 48.5 Å². The first kappa shape index (κ1) is 18.2. The Labute approximate surface area is 161 Å². The summed E-state index contributed by atoms with van der Waals surface area (Å²) in [6, 6.07) is 13.2. The lowest BCUT2D eigenvalue weighted by molar-refractivity contribution is 0.262. The van der Waals surface area contributed by atoms with Crippen LogP contribution in [0, 0.1) is 0 Å². The molecule has 0 heterocycles. The first-order valence-electron chi connectivity index (χ1n) is 7.81. The Morgan fingerprint density at radius 2 is 1.62 bits per heavy atom. The number of phenolic OH excluding ortho intramolecular Hbond substituents is 1. The molecule has 0 fully saturated rings. The largest absolute Gasteiger partial charge is 0.508 e. The normalized spacial score (nSPS) is 10.6. The number of carbonyl (C=O) groups is 1. The zero-order valence-corrected chi connectivity index (χ0v) is 15.7. The van der Waals surface area contributed by atoms with Gasteiger partial charge in [0.2, 0.25) is 0 Å². The van der Waals surface area contributed by atoms with Gasteiger partial charge in [-0.05, 0) is 48.5 Å². The van der Waals surface area contributed by atoms with Crippen LogP contribution in [0.2, 0.25) is 10.0 Å². The van der Waals surface area contributed by atoms with Gasteiger partial charge in [-0.3, -0.25) is 0 Å². The topological polar surface area (TPSA) is 64.6 Å². The first-order valence-corrected chi connectivity index (χ1v) is 8.57. The molecule has 134 valence electrons. The third-order valence-corrected chi connectivity index (χ3v) is 4.51. The smallest absolute Gasteiger partial charge is 0.323 e. The van der Waals surface area contributed by atoms with Gasteiger partial charge >= 0.3 is 6.03 Å². The number of hydrogen-bond donors (Lipinski definition) is 3. The molecule has 3 aromatic rings. The summed E-state index contributed by atoms with van der Waals surface area (Å²) in [4.78, 5) is 14.3. The molecule has 0 saturated carbocycles. The molecular weight excluding hydrogens is 373 g/mol. The second kappa shape index (κ2) is 7.32. The number of fused-ring (bicyclic) bond motifs is 1. The third kappa shape index (κ3) is 3.79. The fourth-order valence-corrected chi connectivity index (χ4v) is 3.17. The highest BCUT2D eigenvalue weighted by atomic mass is 35.5. The highest BCUT2D eigenvalue weighted by molar-refractivity contribution is 6.41. The van der Waals surface area contributed by atoms with E-state index >= 15 is 0 Å². The van der Waals surface area contributed by atoms with E-state index in [0.29, 0.717) is 27.2 Å². The molecule has 5 nitrogen and oxygen atoms in total.